The zero-order valence-electron chi connectivity index (χ0n) is 9.56. The standard InChI is InChI=1S/C12H16N2O2/c1-14(2)12(16)9-8-11(15)13-10-6-4-3-5-7-10/h3-7H,8-9H2,1-2H3,(H,13,15). The summed E-state index contributed by atoms with van der Waals surface area (Å²) >= 11 is 0. The van der Waals surface area contributed by atoms with Gasteiger partial charge in [0.25, 0.3) is 0 Å². The van der Waals surface area contributed by atoms with E-state index < -0.39 is 0 Å². The van der Waals surface area contributed by atoms with Crippen molar-refractivity contribution in [2.75, 3.05) is 19.4 Å². The number of carbonyl (C=O) groups excluding carboxylic acids is 2. The summed E-state index contributed by atoms with van der Waals surface area (Å²) in [6.07, 6.45) is 0.456. The van der Waals surface area contributed by atoms with Crippen molar-refractivity contribution in [1.29, 1.82) is 0 Å². The van der Waals surface area contributed by atoms with Crippen LogP contribution in [0.3, 0.4) is 0 Å². The Morgan fingerprint density at radius 1 is 1.12 bits per heavy atom. The second kappa shape index (κ2) is 5.90. The van der Waals surface area contributed by atoms with E-state index in [-0.39, 0.29) is 24.7 Å². The molecular formula is C12H16N2O2. The number of rotatable bonds is 4. The normalized spacial score (nSPS) is 9.62. The first kappa shape index (κ1) is 12.2. The lowest BCUT2D eigenvalue weighted by Crippen LogP contribution is -2.23. The molecule has 1 rings (SSSR count). The number of anilines is 1. The van der Waals surface area contributed by atoms with E-state index in [4.69, 9.17) is 0 Å². The van der Waals surface area contributed by atoms with Gasteiger partial charge in [0.05, 0.1) is 0 Å². The summed E-state index contributed by atoms with van der Waals surface area (Å²) in [5.74, 6) is -0.176. The van der Waals surface area contributed by atoms with Crippen LogP contribution in [0.5, 0.6) is 0 Å². The Morgan fingerprint density at radius 2 is 1.75 bits per heavy atom. The maximum Gasteiger partial charge on any atom is 0.224 e. The molecule has 4 heteroatoms. The molecule has 4 nitrogen and oxygen atoms in total. The third kappa shape index (κ3) is 4.13. The van der Waals surface area contributed by atoms with Crippen LogP contribution in [-0.4, -0.2) is 30.8 Å². The fraction of sp³-hybridized carbons (Fsp3) is 0.333. The number of nitrogens with one attached hydrogen (secondary N) is 1. The van der Waals surface area contributed by atoms with Crippen molar-refractivity contribution in [3.63, 3.8) is 0 Å². The summed E-state index contributed by atoms with van der Waals surface area (Å²) in [6, 6.07) is 9.20. The molecule has 1 N–H and O–H groups in total. The molecule has 0 aliphatic rings. The molecular weight excluding hydrogens is 204 g/mol. The van der Waals surface area contributed by atoms with Gasteiger partial charge in [-0.1, -0.05) is 18.2 Å². The molecule has 0 saturated heterocycles. The van der Waals surface area contributed by atoms with Gasteiger partial charge in [-0.3, -0.25) is 9.59 Å². The van der Waals surface area contributed by atoms with Crippen molar-refractivity contribution in [3.8, 4) is 0 Å². The van der Waals surface area contributed by atoms with Crippen molar-refractivity contribution < 1.29 is 9.59 Å². The van der Waals surface area contributed by atoms with Crippen LogP contribution in [0.4, 0.5) is 5.69 Å². The molecule has 0 heterocycles. The number of nitrogens with zero attached hydrogens (tertiary/aromatic N) is 1. The fourth-order valence-electron chi connectivity index (χ4n) is 1.19. The van der Waals surface area contributed by atoms with Crippen LogP contribution in [0.15, 0.2) is 30.3 Å². The van der Waals surface area contributed by atoms with Crippen molar-refractivity contribution in [2.45, 2.75) is 12.8 Å². The number of benzene rings is 1. The SMILES string of the molecule is CN(C)C(=O)CCC(=O)Nc1ccccc1. The number of hydrogen-bond donors (Lipinski definition) is 1. The highest BCUT2D eigenvalue weighted by atomic mass is 16.2. The lowest BCUT2D eigenvalue weighted by molar-refractivity contribution is -0.130. The van der Waals surface area contributed by atoms with E-state index >= 15 is 0 Å². The van der Waals surface area contributed by atoms with E-state index in [9.17, 15) is 9.59 Å². The van der Waals surface area contributed by atoms with Crippen LogP contribution in [0.25, 0.3) is 0 Å². The van der Waals surface area contributed by atoms with Gasteiger partial charge in [-0.25, -0.2) is 0 Å². The highest BCUT2D eigenvalue weighted by Gasteiger charge is 2.08. The van der Waals surface area contributed by atoms with Crippen LogP contribution in [-0.2, 0) is 9.59 Å². The summed E-state index contributed by atoms with van der Waals surface area (Å²) in [5, 5.41) is 2.73. The second-order valence-electron chi connectivity index (χ2n) is 3.70. The molecule has 0 atom stereocenters. The summed E-state index contributed by atoms with van der Waals surface area (Å²) in [7, 11) is 3.36. The Balaban J connectivity index is 2.35. The predicted octanol–water partition coefficient (Wildman–Crippen LogP) is 1.49. The molecule has 0 saturated carbocycles. The van der Waals surface area contributed by atoms with Gasteiger partial charge >= 0.3 is 0 Å². The van der Waals surface area contributed by atoms with Crippen LogP contribution < -0.4 is 5.32 Å². The van der Waals surface area contributed by atoms with Gasteiger partial charge in [-0.05, 0) is 12.1 Å². The second-order valence-corrected chi connectivity index (χ2v) is 3.70. The minimum atomic E-state index is -0.138. The summed E-state index contributed by atoms with van der Waals surface area (Å²) in [5.41, 5.74) is 0.754. The van der Waals surface area contributed by atoms with Gasteiger partial charge in [0, 0.05) is 32.6 Å². The molecule has 1 aromatic rings. The van der Waals surface area contributed by atoms with Gasteiger partial charge in [-0.15, -0.1) is 0 Å². The van der Waals surface area contributed by atoms with E-state index in [1.807, 2.05) is 30.3 Å². The van der Waals surface area contributed by atoms with Gasteiger partial charge in [0.2, 0.25) is 11.8 Å². The smallest absolute Gasteiger partial charge is 0.224 e. The maximum atomic E-state index is 11.5. The molecule has 0 aliphatic heterocycles. The molecule has 0 aromatic heterocycles. The number of amides is 2. The van der Waals surface area contributed by atoms with Crippen LogP contribution in [0.2, 0.25) is 0 Å². The van der Waals surface area contributed by atoms with Gasteiger partial charge in [0.15, 0.2) is 0 Å². The van der Waals surface area contributed by atoms with Crippen molar-refractivity contribution >= 4 is 17.5 Å². The highest BCUT2D eigenvalue weighted by Crippen LogP contribution is 2.06. The summed E-state index contributed by atoms with van der Waals surface area (Å²) in [6.45, 7) is 0. The van der Waals surface area contributed by atoms with Gasteiger partial charge in [0.1, 0.15) is 0 Å². The topological polar surface area (TPSA) is 49.4 Å². The average molecular weight is 220 g/mol. The first-order valence-electron chi connectivity index (χ1n) is 5.14. The third-order valence-electron chi connectivity index (χ3n) is 2.12. The molecule has 0 bridgehead atoms. The molecule has 1 aromatic carbocycles. The van der Waals surface area contributed by atoms with Crippen LogP contribution in [0, 0.1) is 0 Å². The Morgan fingerprint density at radius 3 is 2.31 bits per heavy atom. The molecule has 2 amide bonds. The van der Waals surface area contributed by atoms with E-state index in [2.05, 4.69) is 5.32 Å². The van der Waals surface area contributed by atoms with E-state index in [1.54, 1.807) is 14.1 Å². The maximum absolute atomic E-state index is 11.5. The zero-order chi connectivity index (χ0) is 12.0. The van der Waals surface area contributed by atoms with E-state index in [0.717, 1.165) is 5.69 Å². The third-order valence-corrected chi connectivity index (χ3v) is 2.12. The molecule has 0 fully saturated rings. The van der Waals surface area contributed by atoms with Crippen LogP contribution in [0.1, 0.15) is 12.8 Å². The minimum Gasteiger partial charge on any atom is -0.349 e. The molecule has 0 radical (unpaired) electrons. The lowest BCUT2D eigenvalue weighted by Gasteiger charge is -2.09. The zero-order valence-corrected chi connectivity index (χ0v) is 9.56. The van der Waals surface area contributed by atoms with Crippen molar-refractivity contribution in [1.82, 2.24) is 4.90 Å². The first-order valence-corrected chi connectivity index (χ1v) is 5.14. The summed E-state index contributed by atoms with van der Waals surface area (Å²) in [4.78, 5) is 24.2. The average Bonchev–Trinajstić information content (AvgIpc) is 2.27. The quantitative estimate of drug-likeness (QED) is 0.835. The largest absolute Gasteiger partial charge is 0.349 e. The fourth-order valence-corrected chi connectivity index (χ4v) is 1.19. The molecule has 86 valence electrons. The Hall–Kier alpha value is -1.84. The molecule has 0 spiro atoms. The lowest BCUT2D eigenvalue weighted by atomic mass is 10.2. The Kier molecular flexibility index (Phi) is 4.51. The van der Waals surface area contributed by atoms with E-state index in [1.165, 1.54) is 4.90 Å². The molecule has 0 unspecified atom stereocenters. The minimum absolute atomic E-state index is 0.0387. The first-order chi connectivity index (χ1) is 7.59. The van der Waals surface area contributed by atoms with Gasteiger partial charge < -0.3 is 10.2 Å². The van der Waals surface area contributed by atoms with Crippen molar-refractivity contribution in [2.24, 2.45) is 0 Å². The highest BCUT2D eigenvalue weighted by molar-refractivity contribution is 5.93. The molecule has 0 aliphatic carbocycles. The summed E-state index contributed by atoms with van der Waals surface area (Å²) < 4.78 is 0. The molecule has 16 heavy (non-hydrogen) atoms. The number of para-hydroxylation sites is 1. The van der Waals surface area contributed by atoms with Crippen molar-refractivity contribution in [3.05, 3.63) is 30.3 Å². The Labute approximate surface area is 95.3 Å². The van der Waals surface area contributed by atoms with E-state index in [0.29, 0.717) is 0 Å². The van der Waals surface area contributed by atoms with Crippen LogP contribution >= 0.6 is 0 Å². The number of hydrogen-bond acceptors (Lipinski definition) is 2. The number of carbonyl (C=O) groups is 2. The monoisotopic (exact) mass is 220 g/mol. The Bertz CT molecular complexity index is 361. The van der Waals surface area contributed by atoms with Gasteiger partial charge in [-0.2, -0.15) is 0 Å². The predicted molar refractivity (Wildman–Crippen MR) is 63.0 cm³/mol.